The second-order valence-corrected chi connectivity index (χ2v) is 8.88. The number of hydrogen-bond acceptors (Lipinski definition) is 1. The SMILES string of the molecule is CC(Cc1cccc(Cl)c1C(C)C)SC(C)(C)C. The van der Waals surface area contributed by atoms with Gasteiger partial charge in [0.05, 0.1) is 0 Å². The second kappa shape index (κ2) is 6.34. The monoisotopic (exact) mass is 284 g/mol. The number of thioether (sulfide) groups is 1. The Labute approximate surface area is 122 Å². The lowest BCUT2D eigenvalue weighted by Gasteiger charge is -2.24. The first-order valence-corrected chi connectivity index (χ1v) is 7.91. The summed E-state index contributed by atoms with van der Waals surface area (Å²) in [5, 5.41) is 1.52. The highest BCUT2D eigenvalue weighted by Crippen LogP contribution is 2.33. The van der Waals surface area contributed by atoms with Crippen LogP contribution in [0.15, 0.2) is 18.2 Å². The molecule has 1 atom stereocenters. The molecular weight excluding hydrogens is 260 g/mol. The van der Waals surface area contributed by atoms with Crippen molar-refractivity contribution in [2.24, 2.45) is 0 Å². The van der Waals surface area contributed by atoms with Crippen LogP contribution in [0.25, 0.3) is 0 Å². The minimum atomic E-state index is 0.315. The molecule has 18 heavy (non-hydrogen) atoms. The normalized spacial score (nSPS) is 14.0. The summed E-state index contributed by atoms with van der Waals surface area (Å²) in [7, 11) is 0. The Balaban J connectivity index is 2.88. The first-order chi connectivity index (χ1) is 8.20. The highest BCUT2D eigenvalue weighted by atomic mass is 35.5. The largest absolute Gasteiger partial charge is 0.153 e. The minimum Gasteiger partial charge on any atom is -0.153 e. The van der Waals surface area contributed by atoms with Gasteiger partial charge in [-0.15, -0.1) is 0 Å². The number of benzene rings is 1. The van der Waals surface area contributed by atoms with E-state index >= 15 is 0 Å². The first-order valence-electron chi connectivity index (χ1n) is 6.66. The molecule has 0 aromatic heterocycles. The molecule has 102 valence electrons. The molecule has 0 fully saturated rings. The van der Waals surface area contributed by atoms with Gasteiger partial charge in [-0.2, -0.15) is 11.8 Å². The first kappa shape index (κ1) is 15.9. The number of halogens is 1. The van der Waals surface area contributed by atoms with Crippen molar-refractivity contribution in [1.29, 1.82) is 0 Å². The second-order valence-electron chi connectivity index (χ2n) is 6.21. The zero-order valence-electron chi connectivity index (χ0n) is 12.4. The van der Waals surface area contributed by atoms with Crippen LogP contribution in [0.1, 0.15) is 58.6 Å². The highest BCUT2D eigenvalue weighted by Gasteiger charge is 2.18. The summed E-state index contributed by atoms with van der Waals surface area (Å²) in [6, 6.07) is 6.29. The van der Waals surface area contributed by atoms with Crippen LogP contribution in [0, 0.1) is 0 Å². The predicted molar refractivity (Wildman–Crippen MR) is 86.1 cm³/mol. The molecule has 0 spiro atoms. The van der Waals surface area contributed by atoms with Crippen LogP contribution in [0.3, 0.4) is 0 Å². The molecule has 0 aliphatic heterocycles. The predicted octanol–water partition coefficient (Wildman–Crippen LogP) is 5.93. The van der Waals surface area contributed by atoms with Gasteiger partial charge in [-0.05, 0) is 29.5 Å². The minimum absolute atomic E-state index is 0.315. The van der Waals surface area contributed by atoms with E-state index in [1.165, 1.54) is 11.1 Å². The molecule has 2 heteroatoms. The van der Waals surface area contributed by atoms with Gasteiger partial charge in [-0.1, -0.05) is 65.3 Å². The van der Waals surface area contributed by atoms with Crippen LogP contribution in [-0.2, 0) is 6.42 Å². The Bertz CT molecular complexity index is 391. The third kappa shape index (κ3) is 4.85. The molecule has 0 aliphatic carbocycles. The van der Waals surface area contributed by atoms with Gasteiger partial charge >= 0.3 is 0 Å². The summed E-state index contributed by atoms with van der Waals surface area (Å²) in [6.45, 7) is 13.6. The molecule has 0 aliphatic rings. The number of rotatable bonds is 4. The highest BCUT2D eigenvalue weighted by molar-refractivity contribution is 8.01. The van der Waals surface area contributed by atoms with Crippen molar-refractivity contribution < 1.29 is 0 Å². The van der Waals surface area contributed by atoms with Gasteiger partial charge < -0.3 is 0 Å². The van der Waals surface area contributed by atoms with E-state index in [-0.39, 0.29) is 0 Å². The topological polar surface area (TPSA) is 0 Å². The number of hydrogen-bond donors (Lipinski definition) is 0. The van der Waals surface area contributed by atoms with Gasteiger partial charge in [0.1, 0.15) is 0 Å². The standard InChI is InChI=1S/C16H25ClS/c1-11(2)15-13(8-7-9-14(15)17)10-12(3)18-16(4,5)6/h7-9,11-12H,10H2,1-6H3. The maximum atomic E-state index is 6.33. The average Bonchev–Trinajstić information content (AvgIpc) is 2.13. The fourth-order valence-electron chi connectivity index (χ4n) is 2.36. The van der Waals surface area contributed by atoms with E-state index in [1.807, 2.05) is 17.8 Å². The van der Waals surface area contributed by atoms with Crippen molar-refractivity contribution in [2.45, 2.75) is 63.9 Å². The molecule has 0 bridgehead atoms. The van der Waals surface area contributed by atoms with Gasteiger partial charge in [0.2, 0.25) is 0 Å². The van der Waals surface area contributed by atoms with Crippen molar-refractivity contribution in [3.8, 4) is 0 Å². The maximum absolute atomic E-state index is 6.33. The molecule has 0 saturated carbocycles. The molecular formula is C16H25ClS. The van der Waals surface area contributed by atoms with Crippen molar-refractivity contribution in [1.82, 2.24) is 0 Å². The van der Waals surface area contributed by atoms with Crippen LogP contribution in [0.2, 0.25) is 5.02 Å². The molecule has 0 nitrogen and oxygen atoms in total. The molecule has 0 radical (unpaired) electrons. The summed E-state index contributed by atoms with van der Waals surface area (Å²) in [6.07, 6.45) is 1.09. The summed E-state index contributed by atoms with van der Waals surface area (Å²) in [5.41, 5.74) is 2.72. The van der Waals surface area contributed by atoms with Gasteiger partial charge in [0.15, 0.2) is 0 Å². The molecule has 1 unspecified atom stereocenters. The molecule has 0 heterocycles. The fraction of sp³-hybridized carbons (Fsp3) is 0.625. The van der Waals surface area contributed by atoms with E-state index in [1.54, 1.807) is 0 Å². The zero-order valence-corrected chi connectivity index (χ0v) is 14.0. The third-order valence-electron chi connectivity index (χ3n) is 2.78. The van der Waals surface area contributed by atoms with Crippen molar-refractivity contribution in [2.75, 3.05) is 0 Å². The average molecular weight is 285 g/mol. The van der Waals surface area contributed by atoms with Gasteiger partial charge in [-0.25, -0.2) is 0 Å². The molecule has 0 amide bonds. The quantitative estimate of drug-likeness (QED) is 0.661. The summed E-state index contributed by atoms with van der Waals surface area (Å²) >= 11 is 8.37. The Morgan fingerprint density at radius 1 is 1.17 bits per heavy atom. The van der Waals surface area contributed by atoms with E-state index in [4.69, 9.17) is 11.6 Å². The van der Waals surface area contributed by atoms with Crippen LogP contribution in [0.4, 0.5) is 0 Å². The van der Waals surface area contributed by atoms with Crippen LogP contribution < -0.4 is 0 Å². The lowest BCUT2D eigenvalue weighted by molar-refractivity contribution is 0.780. The molecule has 1 rings (SSSR count). The van der Waals surface area contributed by atoms with Crippen LogP contribution in [-0.4, -0.2) is 10.00 Å². The van der Waals surface area contributed by atoms with E-state index in [0.29, 0.717) is 15.9 Å². The molecule has 1 aromatic carbocycles. The van der Waals surface area contributed by atoms with Crippen LogP contribution >= 0.6 is 23.4 Å². The van der Waals surface area contributed by atoms with Gasteiger partial charge in [0.25, 0.3) is 0 Å². The van der Waals surface area contributed by atoms with Crippen molar-refractivity contribution in [3.05, 3.63) is 34.3 Å². The van der Waals surface area contributed by atoms with E-state index < -0.39 is 0 Å². The molecule has 0 saturated heterocycles. The summed E-state index contributed by atoms with van der Waals surface area (Å²) in [5.74, 6) is 0.487. The fourth-order valence-corrected chi connectivity index (χ4v) is 4.24. The Kier molecular flexibility index (Phi) is 5.61. The Morgan fingerprint density at radius 2 is 1.78 bits per heavy atom. The Hall–Kier alpha value is -0.140. The van der Waals surface area contributed by atoms with Gasteiger partial charge in [0, 0.05) is 15.0 Å². The summed E-state index contributed by atoms with van der Waals surface area (Å²) in [4.78, 5) is 0. The summed E-state index contributed by atoms with van der Waals surface area (Å²) < 4.78 is 0.315. The zero-order chi connectivity index (χ0) is 13.9. The smallest absolute Gasteiger partial charge is 0.0443 e. The van der Waals surface area contributed by atoms with Gasteiger partial charge in [-0.3, -0.25) is 0 Å². The Morgan fingerprint density at radius 3 is 2.28 bits per heavy atom. The molecule has 0 N–H and O–H groups in total. The third-order valence-corrected chi connectivity index (χ3v) is 4.39. The van der Waals surface area contributed by atoms with Crippen molar-refractivity contribution in [3.63, 3.8) is 0 Å². The van der Waals surface area contributed by atoms with E-state index in [9.17, 15) is 0 Å². The van der Waals surface area contributed by atoms with E-state index in [2.05, 4.69) is 53.7 Å². The van der Waals surface area contributed by atoms with E-state index in [0.717, 1.165) is 11.4 Å². The van der Waals surface area contributed by atoms with Crippen molar-refractivity contribution >= 4 is 23.4 Å². The lowest BCUT2D eigenvalue weighted by atomic mass is 9.94. The van der Waals surface area contributed by atoms with Crippen LogP contribution in [0.5, 0.6) is 0 Å². The maximum Gasteiger partial charge on any atom is 0.0443 e. The lowest BCUT2D eigenvalue weighted by Crippen LogP contribution is -2.16. The molecule has 1 aromatic rings.